The summed E-state index contributed by atoms with van der Waals surface area (Å²) in [5.74, 6) is -0.323. The molecule has 23 heavy (non-hydrogen) atoms. The van der Waals surface area contributed by atoms with E-state index in [4.69, 9.17) is 4.74 Å². The van der Waals surface area contributed by atoms with Crippen LogP contribution in [0.4, 0.5) is 0 Å². The standard InChI is InChI=1S/C19H18O4/c1-14(20)18(19(21)22-2)12-16-9-6-10-17(11-16)23-13-15-7-4-3-5-8-15/h3-12H,13H2,1-2H3. The molecule has 0 spiro atoms. The summed E-state index contributed by atoms with van der Waals surface area (Å²) in [4.78, 5) is 23.2. The van der Waals surface area contributed by atoms with Crippen molar-refractivity contribution in [2.24, 2.45) is 0 Å². The first-order chi connectivity index (χ1) is 11.1. The Bertz CT molecular complexity index is 717. The van der Waals surface area contributed by atoms with Gasteiger partial charge in [0.05, 0.1) is 7.11 Å². The minimum absolute atomic E-state index is 0.00714. The minimum atomic E-state index is -0.645. The lowest BCUT2D eigenvalue weighted by Crippen LogP contribution is -2.11. The second-order valence-electron chi connectivity index (χ2n) is 4.95. The van der Waals surface area contributed by atoms with Crippen molar-refractivity contribution in [1.82, 2.24) is 0 Å². The van der Waals surface area contributed by atoms with E-state index in [0.717, 1.165) is 5.56 Å². The fraction of sp³-hybridized carbons (Fsp3) is 0.158. The Morgan fingerprint density at radius 3 is 2.43 bits per heavy atom. The van der Waals surface area contributed by atoms with Gasteiger partial charge in [0.2, 0.25) is 0 Å². The van der Waals surface area contributed by atoms with E-state index in [2.05, 4.69) is 4.74 Å². The molecule has 2 aromatic carbocycles. The molecular formula is C19H18O4. The Hall–Kier alpha value is -2.88. The van der Waals surface area contributed by atoms with Gasteiger partial charge in [-0.1, -0.05) is 42.5 Å². The molecule has 4 heteroatoms. The van der Waals surface area contributed by atoms with E-state index in [1.54, 1.807) is 18.2 Å². The molecule has 0 aliphatic rings. The normalized spacial score (nSPS) is 11.0. The number of ketones is 1. The number of benzene rings is 2. The average molecular weight is 310 g/mol. The molecule has 0 aromatic heterocycles. The third kappa shape index (κ3) is 4.81. The second kappa shape index (κ2) is 7.94. The lowest BCUT2D eigenvalue weighted by molar-refractivity contribution is -0.137. The topological polar surface area (TPSA) is 52.6 Å². The number of esters is 1. The molecule has 2 rings (SSSR count). The van der Waals surface area contributed by atoms with E-state index in [9.17, 15) is 9.59 Å². The van der Waals surface area contributed by atoms with E-state index < -0.39 is 5.97 Å². The largest absolute Gasteiger partial charge is 0.489 e. The molecule has 118 valence electrons. The number of carbonyl (C=O) groups is 2. The molecule has 0 saturated heterocycles. The van der Waals surface area contributed by atoms with Crippen LogP contribution in [0.3, 0.4) is 0 Å². The van der Waals surface area contributed by atoms with Crippen LogP contribution in [0, 0.1) is 0 Å². The summed E-state index contributed by atoms with van der Waals surface area (Å²) in [5, 5.41) is 0. The predicted octanol–water partition coefficient (Wildman–Crippen LogP) is 3.41. The quantitative estimate of drug-likeness (QED) is 0.355. The summed E-state index contributed by atoms with van der Waals surface area (Å²) in [7, 11) is 1.25. The molecule has 0 amide bonds. The second-order valence-corrected chi connectivity index (χ2v) is 4.95. The highest BCUT2D eigenvalue weighted by molar-refractivity contribution is 6.19. The molecule has 0 fully saturated rings. The first kappa shape index (κ1) is 16.5. The minimum Gasteiger partial charge on any atom is -0.489 e. The average Bonchev–Trinajstić information content (AvgIpc) is 2.58. The van der Waals surface area contributed by atoms with Gasteiger partial charge in [-0.05, 0) is 36.3 Å². The van der Waals surface area contributed by atoms with Gasteiger partial charge < -0.3 is 9.47 Å². The molecule has 4 nitrogen and oxygen atoms in total. The fourth-order valence-electron chi connectivity index (χ4n) is 2.02. The summed E-state index contributed by atoms with van der Waals surface area (Å²) < 4.78 is 10.4. The summed E-state index contributed by atoms with van der Waals surface area (Å²) in [6.07, 6.45) is 1.50. The number of carbonyl (C=O) groups excluding carboxylic acids is 2. The molecule has 0 aliphatic heterocycles. The van der Waals surface area contributed by atoms with Crippen LogP contribution in [0.25, 0.3) is 6.08 Å². The van der Waals surface area contributed by atoms with Gasteiger partial charge in [-0.2, -0.15) is 0 Å². The van der Waals surface area contributed by atoms with Crippen molar-refractivity contribution in [1.29, 1.82) is 0 Å². The number of ether oxygens (including phenoxy) is 2. The van der Waals surface area contributed by atoms with E-state index in [0.29, 0.717) is 17.9 Å². The smallest absolute Gasteiger partial charge is 0.341 e. The number of hydrogen-bond donors (Lipinski definition) is 0. The Balaban J connectivity index is 2.15. The molecule has 0 aliphatic carbocycles. The maximum absolute atomic E-state index is 11.6. The molecule has 0 N–H and O–H groups in total. The number of methoxy groups -OCH3 is 1. The molecule has 0 radical (unpaired) electrons. The molecule has 0 saturated carbocycles. The van der Waals surface area contributed by atoms with Gasteiger partial charge in [0, 0.05) is 0 Å². The van der Waals surface area contributed by atoms with Crippen molar-refractivity contribution in [3.05, 3.63) is 71.3 Å². The van der Waals surface area contributed by atoms with Crippen molar-refractivity contribution in [3.8, 4) is 5.75 Å². The van der Waals surface area contributed by atoms with Gasteiger partial charge in [0.25, 0.3) is 0 Å². The van der Waals surface area contributed by atoms with E-state index in [1.165, 1.54) is 20.1 Å². The molecule has 0 heterocycles. The van der Waals surface area contributed by atoms with Crippen molar-refractivity contribution in [2.45, 2.75) is 13.5 Å². The van der Waals surface area contributed by atoms with Gasteiger partial charge in [-0.15, -0.1) is 0 Å². The summed E-state index contributed by atoms with van der Waals surface area (Å²) in [6.45, 7) is 1.78. The van der Waals surface area contributed by atoms with Crippen LogP contribution >= 0.6 is 0 Å². The van der Waals surface area contributed by atoms with Crippen molar-refractivity contribution in [2.75, 3.05) is 7.11 Å². The zero-order chi connectivity index (χ0) is 16.7. The van der Waals surface area contributed by atoms with Gasteiger partial charge >= 0.3 is 5.97 Å². The fourth-order valence-corrected chi connectivity index (χ4v) is 2.02. The Morgan fingerprint density at radius 2 is 1.78 bits per heavy atom. The van der Waals surface area contributed by atoms with Crippen LogP contribution in [0.1, 0.15) is 18.1 Å². The van der Waals surface area contributed by atoms with Gasteiger partial charge in [0.15, 0.2) is 5.78 Å². The highest BCUT2D eigenvalue weighted by Crippen LogP contribution is 2.18. The monoisotopic (exact) mass is 310 g/mol. The van der Waals surface area contributed by atoms with Crippen LogP contribution < -0.4 is 4.74 Å². The Kier molecular flexibility index (Phi) is 5.69. The summed E-state index contributed by atoms with van der Waals surface area (Å²) in [6, 6.07) is 17.0. The molecular weight excluding hydrogens is 292 g/mol. The Labute approximate surface area is 135 Å². The van der Waals surface area contributed by atoms with Gasteiger partial charge in [0.1, 0.15) is 17.9 Å². The lowest BCUT2D eigenvalue weighted by Gasteiger charge is -2.07. The zero-order valence-corrected chi connectivity index (χ0v) is 13.1. The summed E-state index contributed by atoms with van der Waals surface area (Å²) >= 11 is 0. The first-order valence-corrected chi connectivity index (χ1v) is 7.18. The van der Waals surface area contributed by atoms with E-state index in [-0.39, 0.29) is 11.4 Å². The van der Waals surface area contributed by atoms with Crippen LogP contribution in [-0.4, -0.2) is 18.9 Å². The van der Waals surface area contributed by atoms with Crippen LogP contribution in [0.15, 0.2) is 60.2 Å². The Morgan fingerprint density at radius 1 is 1.04 bits per heavy atom. The van der Waals surface area contributed by atoms with E-state index >= 15 is 0 Å². The highest BCUT2D eigenvalue weighted by Gasteiger charge is 2.14. The highest BCUT2D eigenvalue weighted by atomic mass is 16.5. The first-order valence-electron chi connectivity index (χ1n) is 7.18. The molecule has 0 atom stereocenters. The van der Waals surface area contributed by atoms with E-state index in [1.807, 2.05) is 36.4 Å². The van der Waals surface area contributed by atoms with Gasteiger partial charge in [-0.25, -0.2) is 4.79 Å². The number of Topliss-reactive ketones (excluding diaryl/α,β-unsaturated/α-hetero) is 1. The number of hydrogen-bond acceptors (Lipinski definition) is 4. The SMILES string of the molecule is COC(=O)C(=Cc1cccc(OCc2ccccc2)c1)C(C)=O. The maximum atomic E-state index is 11.6. The van der Waals surface area contributed by atoms with Crippen molar-refractivity contribution in [3.63, 3.8) is 0 Å². The van der Waals surface area contributed by atoms with Crippen LogP contribution in [0.5, 0.6) is 5.75 Å². The predicted molar refractivity (Wildman–Crippen MR) is 87.9 cm³/mol. The molecule has 2 aromatic rings. The van der Waals surface area contributed by atoms with Crippen LogP contribution in [-0.2, 0) is 20.9 Å². The third-order valence-electron chi connectivity index (χ3n) is 3.20. The molecule has 0 bridgehead atoms. The van der Waals surface area contributed by atoms with Gasteiger partial charge in [-0.3, -0.25) is 4.79 Å². The maximum Gasteiger partial charge on any atom is 0.341 e. The number of rotatable bonds is 6. The lowest BCUT2D eigenvalue weighted by atomic mass is 10.1. The van der Waals surface area contributed by atoms with Crippen molar-refractivity contribution < 1.29 is 19.1 Å². The zero-order valence-electron chi connectivity index (χ0n) is 13.1. The third-order valence-corrected chi connectivity index (χ3v) is 3.20. The summed E-state index contributed by atoms with van der Waals surface area (Å²) in [5.41, 5.74) is 1.77. The van der Waals surface area contributed by atoms with Crippen molar-refractivity contribution >= 4 is 17.8 Å². The van der Waals surface area contributed by atoms with Crippen LogP contribution in [0.2, 0.25) is 0 Å². The molecule has 0 unspecified atom stereocenters.